The molecule has 0 spiro atoms. The third kappa shape index (κ3) is 5.71. The van der Waals surface area contributed by atoms with Crippen LogP contribution in [-0.2, 0) is 4.74 Å². The summed E-state index contributed by atoms with van der Waals surface area (Å²) in [6.07, 6.45) is 0. The lowest BCUT2D eigenvalue weighted by atomic mass is 10.2. The van der Waals surface area contributed by atoms with Gasteiger partial charge in [0.15, 0.2) is 5.11 Å². The number of carbonyl (C=O) groups excluding carboxylic acids is 2. The number of rotatable bonds is 7. The highest BCUT2D eigenvalue weighted by Crippen LogP contribution is 2.37. The second-order valence-corrected chi connectivity index (χ2v) is 8.18. The Kier molecular flexibility index (Phi) is 7.80. The van der Waals surface area contributed by atoms with Crippen LogP contribution in [0.3, 0.4) is 0 Å². The molecule has 1 heterocycles. The van der Waals surface area contributed by atoms with Crippen molar-refractivity contribution < 1.29 is 19.1 Å². The summed E-state index contributed by atoms with van der Waals surface area (Å²) in [4.78, 5) is 25.0. The van der Waals surface area contributed by atoms with E-state index in [-0.39, 0.29) is 11.0 Å². The molecule has 0 aliphatic heterocycles. The Bertz CT molecular complexity index is 1120. The van der Waals surface area contributed by atoms with Crippen molar-refractivity contribution in [2.75, 3.05) is 32.7 Å². The minimum atomic E-state index is -0.406. The Labute approximate surface area is 193 Å². The number of nitrogens with one attached hydrogen (secondary N) is 3. The van der Waals surface area contributed by atoms with Gasteiger partial charge in [0.05, 0.1) is 18.7 Å². The van der Waals surface area contributed by atoms with Crippen LogP contribution in [-0.4, -0.2) is 44.3 Å². The van der Waals surface area contributed by atoms with Gasteiger partial charge in [-0.25, -0.2) is 0 Å². The zero-order valence-electron chi connectivity index (χ0n) is 16.8. The number of hydrogen-bond acceptors (Lipinski definition) is 6. The molecule has 7 nitrogen and oxygen atoms in total. The number of anilines is 1. The van der Waals surface area contributed by atoms with Gasteiger partial charge >= 0.3 is 0 Å². The number of methoxy groups -OCH3 is 2. The van der Waals surface area contributed by atoms with Gasteiger partial charge in [0.25, 0.3) is 11.8 Å². The van der Waals surface area contributed by atoms with Crippen molar-refractivity contribution in [1.29, 1.82) is 0 Å². The number of thiocarbonyl (C=S) groups is 1. The van der Waals surface area contributed by atoms with Gasteiger partial charge in [0.1, 0.15) is 10.6 Å². The Hall–Kier alpha value is -2.72. The van der Waals surface area contributed by atoms with Gasteiger partial charge in [0.2, 0.25) is 0 Å². The normalized spacial score (nSPS) is 10.5. The Balaban J connectivity index is 1.61. The minimum absolute atomic E-state index is 0.119. The first-order valence-electron chi connectivity index (χ1n) is 9.18. The second kappa shape index (κ2) is 10.5. The summed E-state index contributed by atoms with van der Waals surface area (Å²) >= 11 is 12.9. The van der Waals surface area contributed by atoms with Gasteiger partial charge in [-0.3, -0.25) is 14.9 Å². The van der Waals surface area contributed by atoms with E-state index in [1.807, 2.05) is 12.1 Å². The summed E-state index contributed by atoms with van der Waals surface area (Å²) in [5, 5.41) is 9.55. The summed E-state index contributed by atoms with van der Waals surface area (Å²) in [7, 11) is 3.15. The van der Waals surface area contributed by atoms with Crippen molar-refractivity contribution in [2.24, 2.45) is 0 Å². The molecule has 0 fully saturated rings. The Morgan fingerprint density at radius 1 is 1.10 bits per heavy atom. The molecule has 2 aromatic carbocycles. The van der Waals surface area contributed by atoms with E-state index in [2.05, 4.69) is 16.0 Å². The fourth-order valence-electron chi connectivity index (χ4n) is 2.71. The zero-order chi connectivity index (χ0) is 22.4. The van der Waals surface area contributed by atoms with Gasteiger partial charge in [0, 0.05) is 35.0 Å². The Morgan fingerprint density at radius 3 is 2.52 bits per heavy atom. The van der Waals surface area contributed by atoms with E-state index < -0.39 is 5.91 Å². The number of amides is 2. The van der Waals surface area contributed by atoms with E-state index in [9.17, 15) is 9.59 Å². The van der Waals surface area contributed by atoms with Crippen molar-refractivity contribution in [3.63, 3.8) is 0 Å². The lowest BCUT2D eigenvalue weighted by molar-refractivity contribution is 0.0936. The summed E-state index contributed by atoms with van der Waals surface area (Å²) in [5.41, 5.74) is 1.13. The maximum absolute atomic E-state index is 12.7. The molecule has 0 saturated heterocycles. The average molecular weight is 478 g/mol. The molecular formula is C21H20ClN3O4S2. The average Bonchev–Trinajstić information content (AvgIpc) is 3.10. The fraction of sp³-hybridized carbons (Fsp3) is 0.190. The van der Waals surface area contributed by atoms with Crippen molar-refractivity contribution in [2.45, 2.75) is 0 Å². The first kappa shape index (κ1) is 23.0. The second-order valence-electron chi connectivity index (χ2n) is 6.34. The summed E-state index contributed by atoms with van der Waals surface area (Å²) < 4.78 is 11.0. The topological polar surface area (TPSA) is 88.7 Å². The van der Waals surface area contributed by atoms with Crippen LogP contribution in [0.2, 0.25) is 5.02 Å². The molecule has 3 aromatic rings. The number of hydrogen-bond donors (Lipinski definition) is 3. The maximum atomic E-state index is 12.7. The maximum Gasteiger partial charge on any atom is 0.269 e. The van der Waals surface area contributed by atoms with Crippen LogP contribution in [0, 0.1) is 0 Å². The van der Waals surface area contributed by atoms with E-state index in [0.717, 1.165) is 10.1 Å². The summed E-state index contributed by atoms with van der Waals surface area (Å²) in [6, 6.07) is 12.1. The first-order chi connectivity index (χ1) is 14.9. The molecule has 0 aliphatic rings. The molecule has 0 radical (unpaired) electrons. The number of ether oxygens (including phenoxy) is 2. The van der Waals surface area contributed by atoms with Crippen molar-refractivity contribution >= 4 is 67.9 Å². The molecule has 0 saturated carbocycles. The van der Waals surface area contributed by atoms with Crippen LogP contribution in [0.25, 0.3) is 10.1 Å². The highest BCUT2D eigenvalue weighted by molar-refractivity contribution is 7.80. The predicted octanol–water partition coefficient (Wildman–Crippen LogP) is 4.07. The quantitative estimate of drug-likeness (QED) is 0.351. The number of thiophene rings is 1. The number of halogens is 1. The van der Waals surface area contributed by atoms with Crippen LogP contribution in [0.15, 0.2) is 42.5 Å². The minimum Gasteiger partial charge on any atom is -0.497 e. The molecule has 1 aromatic heterocycles. The summed E-state index contributed by atoms with van der Waals surface area (Å²) in [6.45, 7) is 0.870. The van der Waals surface area contributed by atoms with E-state index in [4.69, 9.17) is 33.3 Å². The van der Waals surface area contributed by atoms with Gasteiger partial charge in [-0.2, -0.15) is 0 Å². The molecule has 2 amide bonds. The third-order valence-electron chi connectivity index (χ3n) is 4.27. The molecule has 0 bridgehead atoms. The fourth-order valence-corrected chi connectivity index (χ4v) is 4.37. The van der Waals surface area contributed by atoms with E-state index in [1.165, 1.54) is 11.3 Å². The first-order valence-corrected chi connectivity index (χ1v) is 10.8. The van der Waals surface area contributed by atoms with E-state index in [0.29, 0.717) is 40.1 Å². The van der Waals surface area contributed by atoms with Crippen LogP contribution >= 0.6 is 35.2 Å². The molecular weight excluding hydrogens is 458 g/mol. The predicted molar refractivity (Wildman–Crippen MR) is 128 cm³/mol. The zero-order valence-corrected chi connectivity index (χ0v) is 19.2. The highest BCUT2D eigenvalue weighted by atomic mass is 35.5. The lowest BCUT2D eigenvalue weighted by Crippen LogP contribution is -2.33. The molecule has 3 N–H and O–H groups in total. The molecule has 3 rings (SSSR count). The van der Waals surface area contributed by atoms with E-state index in [1.54, 1.807) is 44.6 Å². The van der Waals surface area contributed by atoms with Crippen molar-refractivity contribution in [3.8, 4) is 5.75 Å². The van der Waals surface area contributed by atoms with Gasteiger partial charge in [-0.05, 0) is 54.7 Å². The highest BCUT2D eigenvalue weighted by Gasteiger charge is 2.18. The number of fused-ring (bicyclic) bond motifs is 1. The van der Waals surface area contributed by atoms with Crippen molar-refractivity contribution in [3.05, 3.63) is 57.9 Å². The molecule has 0 atom stereocenters. The number of carbonyl (C=O) groups is 2. The third-order valence-corrected chi connectivity index (χ3v) is 6.13. The molecule has 10 heteroatoms. The Morgan fingerprint density at radius 2 is 1.84 bits per heavy atom. The standard InChI is InChI=1S/C21H20ClN3O4S2/c1-28-10-9-23-19(26)12-3-5-13(6-4-12)24-21(30)25-20(27)18-17(22)15-8-7-14(29-2)11-16(15)31-18/h3-8,11H,9-10H2,1-2H3,(H,23,26)(H2,24,25,27,30). The number of benzene rings is 2. The van der Waals surface area contributed by atoms with Crippen LogP contribution < -0.4 is 20.7 Å². The van der Waals surface area contributed by atoms with Gasteiger partial charge in [-0.1, -0.05) is 11.6 Å². The molecule has 0 unspecified atom stereocenters. The lowest BCUT2D eigenvalue weighted by Gasteiger charge is -2.10. The van der Waals surface area contributed by atoms with Crippen LogP contribution in [0.4, 0.5) is 5.69 Å². The molecule has 0 aliphatic carbocycles. The van der Waals surface area contributed by atoms with Gasteiger partial charge < -0.3 is 20.1 Å². The monoisotopic (exact) mass is 477 g/mol. The largest absolute Gasteiger partial charge is 0.497 e. The summed E-state index contributed by atoms with van der Waals surface area (Å²) in [5.74, 6) is 0.0812. The molecule has 162 valence electrons. The van der Waals surface area contributed by atoms with E-state index >= 15 is 0 Å². The van der Waals surface area contributed by atoms with Gasteiger partial charge in [-0.15, -0.1) is 11.3 Å². The van der Waals surface area contributed by atoms with Crippen LogP contribution in [0.5, 0.6) is 5.75 Å². The molecule has 31 heavy (non-hydrogen) atoms. The van der Waals surface area contributed by atoms with Crippen molar-refractivity contribution in [1.82, 2.24) is 10.6 Å². The smallest absolute Gasteiger partial charge is 0.269 e. The SMILES string of the molecule is COCCNC(=O)c1ccc(NC(=S)NC(=O)c2sc3cc(OC)ccc3c2Cl)cc1. The van der Waals surface area contributed by atoms with Crippen LogP contribution in [0.1, 0.15) is 20.0 Å².